The van der Waals surface area contributed by atoms with Gasteiger partial charge in [-0.2, -0.15) is 0 Å². The fraction of sp³-hybridized carbons (Fsp3) is 0.714. The molecule has 2 fully saturated rings. The molecule has 0 aromatic carbocycles. The van der Waals surface area contributed by atoms with Crippen molar-refractivity contribution in [3.05, 3.63) is 12.2 Å². The maximum atomic E-state index is 12.1. The van der Waals surface area contributed by atoms with Gasteiger partial charge in [0.25, 0.3) is 0 Å². The first-order valence-electron chi connectivity index (χ1n) is 6.66. The van der Waals surface area contributed by atoms with E-state index in [0.717, 1.165) is 18.4 Å². The van der Waals surface area contributed by atoms with E-state index in [2.05, 4.69) is 6.58 Å². The quantitative estimate of drug-likeness (QED) is 0.789. The first-order chi connectivity index (χ1) is 8.72. The van der Waals surface area contributed by atoms with Crippen molar-refractivity contribution in [2.75, 3.05) is 6.54 Å². The number of nitrogens with zero attached hydrogens (tertiary/aromatic N) is 1. The van der Waals surface area contributed by atoms with Crippen molar-refractivity contribution in [1.29, 1.82) is 0 Å². The summed E-state index contributed by atoms with van der Waals surface area (Å²) in [6.07, 6.45) is 1.57. The lowest BCUT2D eigenvalue weighted by atomic mass is 9.76. The van der Waals surface area contributed by atoms with Crippen LogP contribution in [-0.2, 0) is 9.53 Å². The summed E-state index contributed by atoms with van der Waals surface area (Å²) in [5.41, 5.74) is 5.29. The van der Waals surface area contributed by atoms with Gasteiger partial charge >= 0.3 is 6.09 Å². The normalized spacial score (nSPS) is 37.1. The number of rotatable bonds is 4. The predicted molar refractivity (Wildman–Crippen MR) is 71.3 cm³/mol. The zero-order valence-electron chi connectivity index (χ0n) is 11.9. The van der Waals surface area contributed by atoms with E-state index < -0.39 is 17.0 Å². The molecule has 19 heavy (non-hydrogen) atoms. The van der Waals surface area contributed by atoms with Gasteiger partial charge in [0.05, 0.1) is 5.54 Å². The molecule has 0 bridgehead atoms. The molecule has 106 valence electrons. The fourth-order valence-electron chi connectivity index (χ4n) is 3.66. The van der Waals surface area contributed by atoms with Crippen LogP contribution >= 0.6 is 0 Å². The van der Waals surface area contributed by atoms with Gasteiger partial charge < -0.3 is 10.5 Å². The summed E-state index contributed by atoms with van der Waals surface area (Å²) in [5, 5.41) is 0. The van der Waals surface area contributed by atoms with Crippen molar-refractivity contribution < 1.29 is 14.3 Å². The van der Waals surface area contributed by atoms with Crippen LogP contribution in [0, 0.1) is 5.92 Å². The van der Waals surface area contributed by atoms with E-state index in [1.807, 2.05) is 20.8 Å². The summed E-state index contributed by atoms with van der Waals surface area (Å²) >= 11 is 0. The molecule has 0 radical (unpaired) electrons. The van der Waals surface area contributed by atoms with Crippen molar-refractivity contribution in [1.82, 2.24) is 4.90 Å². The van der Waals surface area contributed by atoms with E-state index in [4.69, 9.17) is 10.5 Å². The van der Waals surface area contributed by atoms with Gasteiger partial charge in [-0.15, -0.1) is 0 Å². The zero-order valence-corrected chi connectivity index (χ0v) is 11.9. The molecule has 2 rings (SSSR count). The van der Waals surface area contributed by atoms with Gasteiger partial charge in [-0.3, -0.25) is 9.69 Å². The van der Waals surface area contributed by atoms with Gasteiger partial charge in [0, 0.05) is 18.9 Å². The minimum atomic E-state index is -0.509. The summed E-state index contributed by atoms with van der Waals surface area (Å²) in [6.45, 7) is 10.3. The average molecular weight is 266 g/mol. The minimum absolute atomic E-state index is 0.156. The van der Waals surface area contributed by atoms with Crippen LogP contribution in [0.3, 0.4) is 0 Å². The minimum Gasteiger partial charge on any atom is -0.441 e. The van der Waals surface area contributed by atoms with Crippen LogP contribution in [0.15, 0.2) is 12.2 Å². The highest BCUT2D eigenvalue weighted by Crippen LogP contribution is 2.55. The Labute approximate surface area is 113 Å². The Hall–Kier alpha value is -1.52. The second kappa shape index (κ2) is 4.25. The van der Waals surface area contributed by atoms with Crippen molar-refractivity contribution >= 4 is 12.0 Å². The topological polar surface area (TPSA) is 72.6 Å². The van der Waals surface area contributed by atoms with Crippen molar-refractivity contribution in [2.45, 2.75) is 51.2 Å². The smallest absolute Gasteiger partial charge is 0.411 e. The lowest BCUT2D eigenvalue weighted by Gasteiger charge is -2.41. The Balaban J connectivity index is 2.34. The molecule has 0 unspecified atom stereocenters. The zero-order chi connectivity index (χ0) is 14.4. The molecule has 0 aromatic rings. The first-order valence-corrected chi connectivity index (χ1v) is 6.66. The Morgan fingerprint density at radius 3 is 2.74 bits per heavy atom. The standard InChI is InChI=1S/C14H22N2O3/c1-9(2)10-5-7-13(3)14(10,4)16(12(18)19-13)8-6-11(15)17/h10H,1,5-8H2,2-4H3,(H2,15,17)/t10-,13+,14-/m1/s1. The van der Waals surface area contributed by atoms with E-state index in [1.165, 1.54) is 0 Å². The lowest BCUT2D eigenvalue weighted by molar-refractivity contribution is -0.118. The molecule has 2 amide bonds. The van der Waals surface area contributed by atoms with Crippen LogP contribution in [0.2, 0.25) is 0 Å². The monoisotopic (exact) mass is 266 g/mol. The highest BCUT2D eigenvalue weighted by molar-refractivity contribution is 5.77. The van der Waals surface area contributed by atoms with Crippen LogP contribution in [0.5, 0.6) is 0 Å². The van der Waals surface area contributed by atoms with Gasteiger partial charge in [-0.1, -0.05) is 12.2 Å². The Morgan fingerprint density at radius 1 is 1.58 bits per heavy atom. The molecule has 1 heterocycles. The van der Waals surface area contributed by atoms with Crippen LogP contribution < -0.4 is 5.73 Å². The molecule has 0 spiro atoms. The van der Waals surface area contributed by atoms with Gasteiger partial charge in [0.15, 0.2) is 0 Å². The number of amides is 2. The van der Waals surface area contributed by atoms with Crippen LogP contribution in [-0.4, -0.2) is 34.6 Å². The third-order valence-corrected chi connectivity index (χ3v) is 4.93. The molecule has 5 heteroatoms. The highest BCUT2D eigenvalue weighted by Gasteiger charge is 2.66. The third kappa shape index (κ3) is 1.83. The SMILES string of the molecule is C=C(C)[C@H]1CC[C@]2(C)OC(=O)N(CCC(N)=O)[C@]12C. The van der Waals surface area contributed by atoms with Crippen LogP contribution in [0.1, 0.15) is 40.0 Å². The summed E-state index contributed by atoms with van der Waals surface area (Å²) < 4.78 is 5.59. The van der Waals surface area contributed by atoms with Crippen LogP contribution in [0.25, 0.3) is 0 Å². The van der Waals surface area contributed by atoms with E-state index in [0.29, 0.717) is 6.54 Å². The molecule has 2 aliphatic rings. The number of ether oxygens (including phenoxy) is 1. The molecule has 0 aromatic heterocycles. The molecular formula is C14H22N2O3. The molecule has 1 aliphatic carbocycles. The van der Waals surface area contributed by atoms with E-state index in [-0.39, 0.29) is 18.4 Å². The van der Waals surface area contributed by atoms with Crippen molar-refractivity contribution in [3.63, 3.8) is 0 Å². The van der Waals surface area contributed by atoms with Gasteiger partial charge in [-0.25, -0.2) is 4.79 Å². The summed E-state index contributed by atoms with van der Waals surface area (Å²) in [5.74, 6) is -0.216. The summed E-state index contributed by atoms with van der Waals surface area (Å²) in [7, 11) is 0. The number of carbonyl (C=O) groups is 2. The molecule has 2 N–H and O–H groups in total. The fourth-order valence-corrected chi connectivity index (χ4v) is 3.66. The largest absolute Gasteiger partial charge is 0.441 e. The maximum Gasteiger partial charge on any atom is 0.411 e. The maximum absolute atomic E-state index is 12.1. The number of nitrogens with two attached hydrogens (primary N) is 1. The predicted octanol–water partition coefficient (Wildman–Crippen LogP) is 1.82. The molecule has 3 atom stereocenters. The molecule has 1 saturated heterocycles. The first kappa shape index (κ1) is 13.9. The summed E-state index contributed by atoms with van der Waals surface area (Å²) in [6, 6.07) is 0. The number of hydrogen-bond donors (Lipinski definition) is 1. The Bertz CT molecular complexity index is 448. The van der Waals surface area contributed by atoms with E-state index >= 15 is 0 Å². The van der Waals surface area contributed by atoms with E-state index in [1.54, 1.807) is 4.90 Å². The molecule has 5 nitrogen and oxygen atoms in total. The average Bonchev–Trinajstić information content (AvgIpc) is 2.60. The highest BCUT2D eigenvalue weighted by atomic mass is 16.6. The van der Waals surface area contributed by atoms with Crippen LogP contribution in [0.4, 0.5) is 4.79 Å². The van der Waals surface area contributed by atoms with Crippen molar-refractivity contribution in [2.24, 2.45) is 11.7 Å². The molecule has 1 saturated carbocycles. The summed E-state index contributed by atoms with van der Waals surface area (Å²) in [4.78, 5) is 24.8. The number of carbonyl (C=O) groups excluding carboxylic acids is 2. The number of fused-ring (bicyclic) bond motifs is 1. The van der Waals surface area contributed by atoms with Gasteiger partial charge in [-0.05, 0) is 33.6 Å². The molecule has 1 aliphatic heterocycles. The number of primary amides is 1. The molecular weight excluding hydrogens is 244 g/mol. The van der Waals surface area contributed by atoms with Gasteiger partial charge in [0.1, 0.15) is 5.60 Å². The van der Waals surface area contributed by atoms with Gasteiger partial charge in [0.2, 0.25) is 5.91 Å². The Morgan fingerprint density at radius 2 is 2.21 bits per heavy atom. The second-order valence-corrected chi connectivity index (χ2v) is 6.05. The van der Waals surface area contributed by atoms with Crippen molar-refractivity contribution in [3.8, 4) is 0 Å². The Kier molecular flexibility index (Phi) is 3.11. The second-order valence-electron chi connectivity index (χ2n) is 6.05. The number of hydrogen-bond acceptors (Lipinski definition) is 3. The lowest BCUT2D eigenvalue weighted by Crippen LogP contribution is -2.56. The van der Waals surface area contributed by atoms with E-state index in [9.17, 15) is 9.59 Å². The third-order valence-electron chi connectivity index (χ3n) is 4.93.